The van der Waals surface area contributed by atoms with Gasteiger partial charge >= 0.3 is 0 Å². The number of hydrogen-bond donors (Lipinski definition) is 0. The summed E-state index contributed by atoms with van der Waals surface area (Å²) in [6.45, 7) is 10.6. The van der Waals surface area contributed by atoms with E-state index in [0.29, 0.717) is 12.2 Å². The Labute approximate surface area is 175 Å². The summed E-state index contributed by atoms with van der Waals surface area (Å²) < 4.78 is 10.9. The molecular weight excluding hydrogens is 356 g/mol. The van der Waals surface area contributed by atoms with Gasteiger partial charge in [0.2, 0.25) is 0 Å². The minimum Gasteiger partial charge on any atom is -0.373 e. The summed E-state index contributed by atoms with van der Waals surface area (Å²) in [5.74, 6) is 0. The van der Waals surface area contributed by atoms with Crippen molar-refractivity contribution >= 4 is 12.2 Å². The molecule has 2 aliphatic heterocycles. The molecule has 2 atom stereocenters. The van der Waals surface area contributed by atoms with Crippen molar-refractivity contribution in [2.45, 2.75) is 58.2 Å². The van der Waals surface area contributed by atoms with Crippen molar-refractivity contribution in [1.29, 1.82) is 0 Å². The molecule has 2 aliphatic rings. The van der Waals surface area contributed by atoms with E-state index in [2.05, 4.69) is 88.4 Å². The van der Waals surface area contributed by atoms with E-state index in [9.17, 15) is 0 Å². The maximum Gasteiger partial charge on any atom is 0.0850 e. The molecule has 2 saturated heterocycles. The molecule has 2 aromatic carbocycles. The highest BCUT2D eigenvalue weighted by Crippen LogP contribution is 2.35. The lowest BCUT2D eigenvalue weighted by molar-refractivity contribution is 0.407. The number of ether oxygens (including phenoxy) is 2. The van der Waals surface area contributed by atoms with Crippen molar-refractivity contribution in [3.05, 3.63) is 81.9 Å². The van der Waals surface area contributed by atoms with Crippen LogP contribution < -0.4 is 0 Å². The van der Waals surface area contributed by atoms with Crippen LogP contribution >= 0.6 is 0 Å². The van der Waals surface area contributed by atoms with E-state index in [-0.39, 0.29) is 5.41 Å². The lowest BCUT2D eigenvalue weighted by Crippen LogP contribution is -2.20. The molecule has 4 rings (SSSR count). The largest absolute Gasteiger partial charge is 0.373 e. The van der Waals surface area contributed by atoms with E-state index in [1.165, 1.54) is 33.4 Å². The van der Waals surface area contributed by atoms with Crippen molar-refractivity contribution in [2.75, 3.05) is 13.2 Å². The van der Waals surface area contributed by atoms with E-state index < -0.39 is 0 Å². The van der Waals surface area contributed by atoms with E-state index in [4.69, 9.17) is 9.47 Å². The third kappa shape index (κ3) is 4.71. The van der Waals surface area contributed by atoms with Crippen LogP contribution in [0.25, 0.3) is 12.2 Å². The van der Waals surface area contributed by atoms with Crippen LogP contribution in [-0.2, 0) is 27.7 Å². The van der Waals surface area contributed by atoms with Crippen molar-refractivity contribution in [2.24, 2.45) is 0 Å². The van der Waals surface area contributed by atoms with Crippen molar-refractivity contribution < 1.29 is 9.47 Å². The van der Waals surface area contributed by atoms with E-state index in [0.717, 1.165) is 26.1 Å². The van der Waals surface area contributed by atoms with Crippen LogP contribution in [0.15, 0.2) is 48.6 Å². The Balaban J connectivity index is 1.67. The Morgan fingerprint density at radius 3 is 1.55 bits per heavy atom. The fourth-order valence-electron chi connectivity index (χ4n) is 4.04. The second-order valence-electron chi connectivity index (χ2n) is 8.77. The summed E-state index contributed by atoms with van der Waals surface area (Å²) in [6.07, 6.45) is 11.5. The molecule has 0 aliphatic carbocycles. The predicted octanol–water partition coefficient (Wildman–Crippen LogP) is 5.96. The first-order chi connectivity index (χ1) is 14.0. The highest BCUT2D eigenvalue weighted by molar-refractivity contribution is 5.59. The van der Waals surface area contributed by atoms with E-state index in [1.807, 2.05) is 0 Å². The Morgan fingerprint density at radius 1 is 0.793 bits per heavy atom. The normalized spacial score (nSPS) is 21.2. The maximum atomic E-state index is 5.45. The van der Waals surface area contributed by atoms with Gasteiger partial charge in [0.25, 0.3) is 0 Å². The summed E-state index contributed by atoms with van der Waals surface area (Å²) in [5, 5.41) is 0. The summed E-state index contributed by atoms with van der Waals surface area (Å²) >= 11 is 0. The topological polar surface area (TPSA) is 25.1 Å². The molecule has 0 bridgehead atoms. The standard InChI is InChI=1S/C27H32O2/c1-5-7-19-13-23(11-9-21(19)15-25-17-28-25)27(3,4)24-12-10-22(16-26-18-29-26)20(14-24)8-6-2/h5-14,25-26H,15-18H2,1-4H3/b7-5-,8-6-. The summed E-state index contributed by atoms with van der Waals surface area (Å²) in [7, 11) is 0. The van der Waals surface area contributed by atoms with Gasteiger partial charge in [-0.25, -0.2) is 0 Å². The van der Waals surface area contributed by atoms with Crippen LogP contribution in [0.2, 0.25) is 0 Å². The molecule has 2 heterocycles. The van der Waals surface area contributed by atoms with Gasteiger partial charge in [-0.3, -0.25) is 0 Å². The van der Waals surface area contributed by atoms with Crippen LogP contribution in [0.3, 0.4) is 0 Å². The Morgan fingerprint density at radius 2 is 1.21 bits per heavy atom. The van der Waals surface area contributed by atoms with Crippen molar-refractivity contribution in [1.82, 2.24) is 0 Å². The minimum atomic E-state index is -0.0735. The van der Waals surface area contributed by atoms with E-state index >= 15 is 0 Å². The molecule has 0 spiro atoms. The number of hydrogen-bond acceptors (Lipinski definition) is 2. The van der Waals surface area contributed by atoms with Gasteiger partial charge in [0, 0.05) is 18.3 Å². The van der Waals surface area contributed by atoms with Crippen molar-refractivity contribution in [3.63, 3.8) is 0 Å². The summed E-state index contributed by atoms with van der Waals surface area (Å²) in [4.78, 5) is 0. The van der Waals surface area contributed by atoms with Gasteiger partial charge in [0.1, 0.15) is 0 Å². The van der Waals surface area contributed by atoms with Crippen LogP contribution in [0, 0.1) is 0 Å². The smallest absolute Gasteiger partial charge is 0.0850 e. The molecule has 29 heavy (non-hydrogen) atoms. The second-order valence-corrected chi connectivity index (χ2v) is 8.77. The van der Waals surface area contributed by atoms with Gasteiger partial charge in [-0.15, -0.1) is 0 Å². The van der Waals surface area contributed by atoms with Gasteiger partial charge in [-0.1, -0.05) is 74.5 Å². The number of epoxide rings is 2. The lowest BCUT2D eigenvalue weighted by Gasteiger charge is -2.28. The molecule has 0 aromatic heterocycles. The van der Waals surface area contributed by atoms with Crippen LogP contribution in [0.4, 0.5) is 0 Å². The molecule has 2 unspecified atom stereocenters. The molecule has 152 valence electrons. The highest BCUT2D eigenvalue weighted by Gasteiger charge is 2.28. The quantitative estimate of drug-likeness (QED) is 0.521. The summed E-state index contributed by atoms with van der Waals surface area (Å²) in [6, 6.07) is 13.9. The molecule has 2 aromatic rings. The van der Waals surface area contributed by atoms with Gasteiger partial charge in [0.05, 0.1) is 25.4 Å². The lowest BCUT2D eigenvalue weighted by atomic mass is 9.76. The average Bonchev–Trinajstić information content (AvgIpc) is 3.61. The van der Waals surface area contributed by atoms with Gasteiger partial charge < -0.3 is 9.47 Å². The molecule has 2 heteroatoms. The molecule has 2 fully saturated rings. The maximum absolute atomic E-state index is 5.45. The predicted molar refractivity (Wildman–Crippen MR) is 121 cm³/mol. The Hall–Kier alpha value is -2.16. The molecule has 2 nitrogen and oxygen atoms in total. The Kier molecular flexibility index (Phi) is 5.76. The first-order valence-corrected chi connectivity index (χ1v) is 10.8. The number of rotatable bonds is 8. The van der Waals surface area contributed by atoms with Crippen LogP contribution in [0.1, 0.15) is 61.1 Å². The first kappa shape index (κ1) is 20.1. The van der Waals surface area contributed by atoms with Gasteiger partial charge in [-0.05, 0) is 47.2 Å². The fraction of sp³-hybridized carbons (Fsp3) is 0.407. The third-order valence-electron chi connectivity index (χ3n) is 6.13. The molecule has 0 saturated carbocycles. The molecule has 0 N–H and O–H groups in total. The summed E-state index contributed by atoms with van der Waals surface area (Å²) in [5.41, 5.74) is 7.98. The number of allylic oxidation sites excluding steroid dienone is 2. The van der Waals surface area contributed by atoms with E-state index in [1.54, 1.807) is 0 Å². The van der Waals surface area contributed by atoms with Gasteiger partial charge in [0.15, 0.2) is 0 Å². The zero-order chi connectivity index (χ0) is 20.4. The zero-order valence-electron chi connectivity index (χ0n) is 18.1. The zero-order valence-corrected chi connectivity index (χ0v) is 18.1. The average molecular weight is 389 g/mol. The number of benzene rings is 2. The van der Waals surface area contributed by atoms with Gasteiger partial charge in [-0.2, -0.15) is 0 Å². The fourth-order valence-corrected chi connectivity index (χ4v) is 4.04. The second kappa shape index (κ2) is 8.30. The van der Waals surface area contributed by atoms with Crippen LogP contribution in [-0.4, -0.2) is 25.4 Å². The molecule has 0 amide bonds. The monoisotopic (exact) mass is 388 g/mol. The SMILES string of the molecule is C/C=C\c1cc(C(C)(C)c2ccc(CC3CO3)c(/C=C\C)c2)ccc1CC1CO1. The van der Waals surface area contributed by atoms with Crippen LogP contribution in [0.5, 0.6) is 0 Å². The molecular formula is C27H32O2. The first-order valence-electron chi connectivity index (χ1n) is 10.8. The highest BCUT2D eigenvalue weighted by atomic mass is 16.6. The van der Waals surface area contributed by atoms with Crippen molar-refractivity contribution in [3.8, 4) is 0 Å². The Bertz CT molecular complexity index is 852. The third-order valence-corrected chi connectivity index (χ3v) is 6.13. The molecule has 0 radical (unpaired) electrons. The minimum absolute atomic E-state index is 0.0735.